The Morgan fingerprint density at radius 2 is 2.18 bits per heavy atom. The molecular formula is C10H10BrN3O3. The molecule has 0 saturated carbocycles. The third-order valence-electron chi connectivity index (χ3n) is 1.68. The number of hydrogen-bond acceptors (Lipinski definition) is 3. The molecule has 1 heterocycles. The van der Waals surface area contributed by atoms with Gasteiger partial charge in [0.2, 0.25) is 0 Å². The molecular weight excluding hydrogens is 290 g/mol. The number of aromatic carboxylic acids is 1. The van der Waals surface area contributed by atoms with Gasteiger partial charge in [0.15, 0.2) is 0 Å². The van der Waals surface area contributed by atoms with Gasteiger partial charge in [-0.3, -0.25) is 4.98 Å². The van der Waals surface area contributed by atoms with Gasteiger partial charge in [0, 0.05) is 10.7 Å². The highest BCUT2D eigenvalue weighted by molar-refractivity contribution is 9.11. The fourth-order valence-corrected chi connectivity index (χ4v) is 1.12. The molecule has 0 fully saturated rings. The highest BCUT2D eigenvalue weighted by atomic mass is 79.9. The number of hydrogen-bond donors (Lipinski definition) is 3. The number of rotatable bonds is 4. The molecule has 0 aromatic carbocycles. The van der Waals surface area contributed by atoms with Crippen molar-refractivity contribution in [2.45, 2.75) is 0 Å². The topological polar surface area (TPSA) is 91.3 Å². The molecule has 1 aromatic rings. The van der Waals surface area contributed by atoms with E-state index in [0.29, 0.717) is 10.2 Å². The van der Waals surface area contributed by atoms with Crippen LogP contribution in [0.5, 0.6) is 0 Å². The first-order valence-corrected chi connectivity index (χ1v) is 5.35. The lowest BCUT2D eigenvalue weighted by Gasteiger charge is -2.06. The molecule has 2 amide bonds. The van der Waals surface area contributed by atoms with Crippen molar-refractivity contribution in [3.63, 3.8) is 0 Å². The number of anilines is 1. The highest BCUT2D eigenvalue weighted by Crippen LogP contribution is 2.08. The number of nitrogens with zero attached hydrogens (tertiary/aromatic N) is 1. The molecule has 6 nitrogen and oxygen atoms in total. The maximum absolute atomic E-state index is 11.3. The van der Waals surface area contributed by atoms with Crippen molar-refractivity contribution in [2.24, 2.45) is 0 Å². The molecule has 90 valence electrons. The van der Waals surface area contributed by atoms with Gasteiger partial charge in [-0.25, -0.2) is 9.59 Å². The molecule has 3 N–H and O–H groups in total. The zero-order valence-corrected chi connectivity index (χ0v) is 10.3. The molecule has 17 heavy (non-hydrogen) atoms. The first-order valence-electron chi connectivity index (χ1n) is 4.55. The summed E-state index contributed by atoms with van der Waals surface area (Å²) < 4.78 is 0.630. The summed E-state index contributed by atoms with van der Waals surface area (Å²) in [6.07, 6.45) is 2.56. The minimum atomic E-state index is -1.10. The van der Waals surface area contributed by atoms with Crippen LogP contribution in [0.15, 0.2) is 29.5 Å². The van der Waals surface area contributed by atoms with E-state index >= 15 is 0 Å². The van der Waals surface area contributed by atoms with Crippen molar-refractivity contribution in [1.82, 2.24) is 10.3 Å². The number of nitrogens with one attached hydrogen (secondary N) is 2. The van der Waals surface area contributed by atoms with Crippen LogP contribution >= 0.6 is 15.9 Å². The lowest BCUT2D eigenvalue weighted by Crippen LogP contribution is -2.29. The number of urea groups is 1. The van der Waals surface area contributed by atoms with Crippen molar-refractivity contribution >= 4 is 33.6 Å². The third kappa shape index (κ3) is 4.64. The Labute approximate surface area is 106 Å². The van der Waals surface area contributed by atoms with Crippen LogP contribution in [0.25, 0.3) is 0 Å². The van der Waals surface area contributed by atoms with Crippen LogP contribution in [0.1, 0.15) is 10.4 Å². The van der Waals surface area contributed by atoms with E-state index in [1.165, 1.54) is 18.5 Å². The number of carbonyl (C=O) groups excluding carboxylic acids is 1. The largest absolute Gasteiger partial charge is 0.478 e. The molecule has 0 radical (unpaired) electrons. The maximum Gasteiger partial charge on any atom is 0.337 e. The van der Waals surface area contributed by atoms with E-state index in [9.17, 15) is 9.59 Å². The molecule has 7 heteroatoms. The SMILES string of the molecule is C=C(Br)CNC(=O)Nc1cncc(C(=O)O)c1. The van der Waals surface area contributed by atoms with Crippen LogP contribution in [0.2, 0.25) is 0 Å². The predicted octanol–water partition coefficient (Wildman–Crippen LogP) is 1.81. The van der Waals surface area contributed by atoms with Crippen molar-refractivity contribution in [1.29, 1.82) is 0 Å². The van der Waals surface area contributed by atoms with E-state index in [0.717, 1.165) is 0 Å². The number of amides is 2. The van der Waals surface area contributed by atoms with Gasteiger partial charge < -0.3 is 15.7 Å². The Morgan fingerprint density at radius 1 is 1.47 bits per heavy atom. The van der Waals surface area contributed by atoms with Crippen molar-refractivity contribution in [3.8, 4) is 0 Å². The molecule has 1 aromatic heterocycles. The summed E-state index contributed by atoms with van der Waals surface area (Å²) in [5.41, 5.74) is 0.315. The minimum absolute atomic E-state index is 0.00713. The van der Waals surface area contributed by atoms with Gasteiger partial charge >= 0.3 is 12.0 Å². The van der Waals surface area contributed by atoms with Crippen LogP contribution in [-0.2, 0) is 0 Å². The Kier molecular flexibility index (Phi) is 4.65. The number of pyridine rings is 1. The zero-order valence-electron chi connectivity index (χ0n) is 8.74. The summed E-state index contributed by atoms with van der Waals surface area (Å²) >= 11 is 3.09. The lowest BCUT2D eigenvalue weighted by atomic mass is 10.3. The van der Waals surface area contributed by atoms with E-state index in [4.69, 9.17) is 5.11 Å². The van der Waals surface area contributed by atoms with Crippen LogP contribution in [0.4, 0.5) is 10.5 Å². The van der Waals surface area contributed by atoms with Gasteiger partial charge in [-0.2, -0.15) is 0 Å². The van der Waals surface area contributed by atoms with E-state index in [1.54, 1.807) is 0 Å². The second kappa shape index (κ2) is 6.00. The first-order chi connectivity index (χ1) is 7.99. The van der Waals surface area contributed by atoms with Gasteiger partial charge in [-0.1, -0.05) is 22.5 Å². The normalized spacial score (nSPS) is 9.47. The Hall–Kier alpha value is -1.89. The predicted molar refractivity (Wildman–Crippen MR) is 66.3 cm³/mol. The Balaban J connectivity index is 2.62. The quantitative estimate of drug-likeness (QED) is 0.791. The fourth-order valence-electron chi connectivity index (χ4n) is 0.977. The number of halogens is 1. The van der Waals surface area contributed by atoms with Crippen molar-refractivity contribution in [3.05, 3.63) is 35.1 Å². The summed E-state index contributed by atoms with van der Waals surface area (Å²) in [7, 11) is 0. The van der Waals surface area contributed by atoms with Crippen LogP contribution in [0.3, 0.4) is 0 Å². The number of carbonyl (C=O) groups is 2. The van der Waals surface area contributed by atoms with E-state index in [-0.39, 0.29) is 12.1 Å². The van der Waals surface area contributed by atoms with Gasteiger partial charge in [0.25, 0.3) is 0 Å². The standard InChI is InChI=1S/C10H10BrN3O3/c1-6(11)3-13-10(17)14-8-2-7(9(15)16)4-12-5-8/h2,4-5H,1,3H2,(H,15,16)(H2,13,14,17). The molecule has 0 bridgehead atoms. The van der Waals surface area contributed by atoms with Gasteiger partial charge in [0.05, 0.1) is 24.0 Å². The molecule has 0 saturated heterocycles. The number of aromatic nitrogens is 1. The summed E-state index contributed by atoms with van der Waals surface area (Å²) in [5.74, 6) is -1.10. The van der Waals surface area contributed by atoms with Gasteiger partial charge in [0.1, 0.15) is 0 Å². The first kappa shape index (κ1) is 13.2. The van der Waals surface area contributed by atoms with E-state index < -0.39 is 12.0 Å². The third-order valence-corrected chi connectivity index (χ3v) is 1.96. The highest BCUT2D eigenvalue weighted by Gasteiger charge is 2.06. The minimum Gasteiger partial charge on any atom is -0.478 e. The average Bonchev–Trinajstić information content (AvgIpc) is 2.26. The van der Waals surface area contributed by atoms with E-state index in [2.05, 4.69) is 38.1 Å². The summed E-state index contributed by atoms with van der Waals surface area (Å²) in [6.45, 7) is 3.83. The van der Waals surface area contributed by atoms with Crippen LogP contribution in [-0.4, -0.2) is 28.6 Å². The number of carboxylic acid groups (broad SMARTS) is 1. The summed E-state index contributed by atoms with van der Waals surface area (Å²) in [4.78, 5) is 25.7. The molecule has 0 spiro atoms. The molecule has 0 aliphatic carbocycles. The molecule has 0 unspecified atom stereocenters. The Morgan fingerprint density at radius 3 is 2.76 bits per heavy atom. The summed E-state index contributed by atoms with van der Waals surface area (Å²) in [5, 5.41) is 13.7. The zero-order chi connectivity index (χ0) is 12.8. The molecule has 0 aliphatic rings. The lowest BCUT2D eigenvalue weighted by molar-refractivity contribution is 0.0696. The fraction of sp³-hybridized carbons (Fsp3) is 0.100. The second-order valence-corrected chi connectivity index (χ2v) is 4.21. The molecule has 0 atom stereocenters. The second-order valence-electron chi connectivity index (χ2n) is 3.09. The summed E-state index contributed by atoms with van der Waals surface area (Å²) in [6, 6.07) is 0.854. The van der Waals surface area contributed by atoms with Crippen molar-refractivity contribution in [2.75, 3.05) is 11.9 Å². The average molecular weight is 300 g/mol. The van der Waals surface area contributed by atoms with Gasteiger partial charge in [-0.15, -0.1) is 0 Å². The van der Waals surface area contributed by atoms with Crippen LogP contribution in [0, 0.1) is 0 Å². The maximum atomic E-state index is 11.3. The van der Waals surface area contributed by atoms with Crippen molar-refractivity contribution < 1.29 is 14.7 Å². The van der Waals surface area contributed by atoms with Crippen LogP contribution < -0.4 is 10.6 Å². The Bertz CT molecular complexity index is 462. The molecule has 0 aliphatic heterocycles. The van der Waals surface area contributed by atoms with Gasteiger partial charge in [-0.05, 0) is 6.07 Å². The molecule has 1 rings (SSSR count). The van der Waals surface area contributed by atoms with E-state index in [1.807, 2.05) is 0 Å². The smallest absolute Gasteiger partial charge is 0.337 e. The number of carboxylic acids is 1. The monoisotopic (exact) mass is 299 g/mol.